The van der Waals surface area contributed by atoms with Gasteiger partial charge in [-0.1, -0.05) is 30.3 Å². The van der Waals surface area contributed by atoms with Gasteiger partial charge in [0.25, 0.3) is 0 Å². The Morgan fingerprint density at radius 2 is 2.12 bits per heavy atom. The summed E-state index contributed by atoms with van der Waals surface area (Å²) >= 11 is 0. The highest BCUT2D eigenvalue weighted by Gasteiger charge is 2.18. The second-order valence-corrected chi connectivity index (χ2v) is 6.30. The average molecular weight is 333 g/mol. The second kappa shape index (κ2) is 10.3. The molecule has 1 aliphatic heterocycles. The molecule has 0 saturated carbocycles. The monoisotopic (exact) mass is 333 g/mol. The van der Waals surface area contributed by atoms with Crippen molar-refractivity contribution in [2.45, 2.75) is 38.7 Å². The van der Waals surface area contributed by atoms with Crippen LogP contribution in [-0.4, -0.2) is 55.3 Å². The maximum absolute atomic E-state index is 11.7. The van der Waals surface area contributed by atoms with Crippen molar-refractivity contribution < 1.29 is 14.6 Å². The lowest BCUT2D eigenvalue weighted by Crippen LogP contribution is -2.41. The van der Waals surface area contributed by atoms with Gasteiger partial charge in [0.1, 0.15) is 6.61 Å². The van der Waals surface area contributed by atoms with Crippen molar-refractivity contribution in [1.29, 1.82) is 0 Å². The molecule has 24 heavy (non-hydrogen) atoms. The van der Waals surface area contributed by atoms with Gasteiger partial charge in [0.2, 0.25) is 0 Å². The molecule has 132 valence electrons. The summed E-state index contributed by atoms with van der Waals surface area (Å²) in [6, 6.07) is 10.0. The maximum Gasteiger partial charge on any atom is 0.407 e. The van der Waals surface area contributed by atoms with E-state index in [1.54, 1.807) is 6.82 Å². The molecule has 0 bridgehead atoms. The highest BCUT2D eigenvalue weighted by Crippen LogP contribution is 2.10. The number of carbonyl (C=O) groups is 1. The molecule has 0 spiro atoms. The molecule has 1 amide bonds. The molecule has 0 unspecified atom stereocenters. The van der Waals surface area contributed by atoms with Gasteiger partial charge in [-0.15, -0.1) is 0 Å². The zero-order valence-electron chi connectivity index (χ0n) is 14.4. The SMILES string of the molecule is CB(O)N[C@H]1CCCN(CCNC(=O)OCc2ccccc2)CC1. The standard InChI is InChI=1S/C17H28BN3O3/c1-18(23)20-16-8-5-11-21(12-9-16)13-10-19-17(22)24-14-15-6-3-2-4-7-15/h2-4,6-7,16,20,23H,5,8-14H2,1H3,(H,19,22)/t16-/m0/s1. The zero-order chi connectivity index (χ0) is 17.2. The van der Waals surface area contributed by atoms with Crippen LogP contribution in [0.15, 0.2) is 30.3 Å². The third-order valence-electron chi connectivity index (χ3n) is 4.21. The normalized spacial score (nSPS) is 18.7. The molecule has 7 heteroatoms. The van der Waals surface area contributed by atoms with Crippen molar-refractivity contribution >= 4 is 13.1 Å². The van der Waals surface area contributed by atoms with Crippen molar-refractivity contribution in [1.82, 2.24) is 15.4 Å². The van der Waals surface area contributed by atoms with Crippen LogP contribution in [0.5, 0.6) is 0 Å². The quantitative estimate of drug-likeness (QED) is 0.659. The Balaban J connectivity index is 1.59. The van der Waals surface area contributed by atoms with Crippen LogP contribution >= 0.6 is 0 Å². The van der Waals surface area contributed by atoms with E-state index in [2.05, 4.69) is 15.4 Å². The van der Waals surface area contributed by atoms with Crippen LogP contribution in [0.3, 0.4) is 0 Å². The van der Waals surface area contributed by atoms with Crippen molar-refractivity contribution in [3.05, 3.63) is 35.9 Å². The fourth-order valence-corrected chi connectivity index (χ4v) is 2.98. The van der Waals surface area contributed by atoms with Gasteiger partial charge >= 0.3 is 13.1 Å². The first kappa shape index (κ1) is 18.8. The number of ether oxygens (including phenoxy) is 1. The Morgan fingerprint density at radius 1 is 1.33 bits per heavy atom. The van der Waals surface area contributed by atoms with Crippen molar-refractivity contribution in [2.24, 2.45) is 0 Å². The lowest BCUT2D eigenvalue weighted by molar-refractivity contribution is 0.138. The third kappa shape index (κ3) is 7.34. The highest BCUT2D eigenvalue weighted by molar-refractivity contribution is 6.45. The van der Waals surface area contributed by atoms with E-state index in [0.717, 1.165) is 44.5 Å². The molecule has 0 aromatic heterocycles. The fraction of sp³-hybridized carbons (Fsp3) is 0.588. The molecular formula is C17H28BN3O3. The number of nitrogens with zero attached hydrogens (tertiary/aromatic N) is 1. The van der Waals surface area contributed by atoms with E-state index in [4.69, 9.17) is 4.74 Å². The van der Waals surface area contributed by atoms with Crippen LogP contribution in [0.2, 0.25) is 6.82 Å². The Kier molecular flexibility index (Phi) is 8.08. The van der Waals surface area contributed by atoms with Crippen LogP contribution in [0, 0.1) is 0 Å². The molecule has 1 fully saturated rings. The molecule has 1 heterocycles. The maximum atomic E-state index is 11.7. The number of hydrogen-bond donors (Lipinski definition) is 3. The van der Waals surface area contributed by atoms with Crippen molar-refractivity contribution in [3.63, 3.8) is 0 Å². The lowest BCUT2D eigenvalue weighted by Gasteiger charge is -2.20. The number of rotatable bonds is 7. The summed E-state index contributed by atoms with van der Waals surface area (Å²) in [5.41, 5.74) is 0.983. The molecule has 3 N–H and O–H groups in total. The third-order valence-corrected chi connectivity index (χ3v) is 4.21. The minimum Gasteiger partial charge on any atom is -0.445 e. The van der Waals surface area contributed by atoms with E-state index in [1.165, 1.54) is 0 Å². The predicted molar refractivity (Wildman–Crippen MR) is 95.7 cm³/mol. The minimum atomic E-state index is -0.456. The number of hydrogen-bond acceptors (Lipinski definition) is 5. The summed E-state index contributed by atoms with van der Waals surface area (Å²) in [5.74, 6) is 0. The van der Waals surface area contributed by atoms with Crippen molar-refractivity contribution in [3.8, 4) is 0 Å². The Bertz CT molecular complexity index is 487. The van der Waals surface area contributed by atoms with E-state index in [0.29, 0.717) is 19.2 Å². The van der Waals surface area contributed by atoms with Gasteiger partial charge in [0, 0.05) is 13.1 Å². The average Bonchev–Trinajstić information content (AvgIpc) is 2.79. The Morgan fingerprint density at radius 3 is 2.88 bits per heavy atom. The van der Waals surface area contributed by atoms with Crippen LogP contribution in [0.25, 0.3) is 0 Å². The number of amides is 1. The van der Waals surface area contributed by atoms with Crippen molar-refractivity contribution in [2.75, 3.05) is 26.2 Å². The summed E-state index contributed by atoms with van der Waals surface area (Å²) in [4.78, 5) is 14.1. The summed E-state index contributed by atoms with van der Waals surface area (Å²) in [6.07, 6.45) is 2.82. The number of alkyl carbamates (subject to hydrolysis) is 1. The van der Waals surface area contributed by atoms with Gasteiger partial charge < -0.3 is 25.2 Å². The van der Waals surface area contributed by atoms with Gasteiger partial charge in [0.15, 0.2) is 0 Å². The minimum absolute atomic E-state index is 0.295. The first-order chi connectivity index (χ1) is 11.6. The number of likely N-dealkylation sites (tertiary alicyclic amines) is 1. The van der Waals surface area contributed by atoms with E-state index < -0.39 is 7.05 Å². The molecule has 1 saturated heterocycles. The van der Waals surface area contributed by atoms with E-state index in [1.807, 2.05) is 30.3 Å². The number of benzene rings is 1. The zero-order valence-corrected chi connectivity index (χ0v) is 14.4. The van der Waals surface area contributed by atoms with Gasteiger partial charge in [-0.2, -0.15) is 0 Å². The number of carbonyl (C=O) groups excluding carboxylic acids is 1. The van der Waals surface area contributed by atoms with Gasteiger partial charge in [-0.25, -0.2) is 4.79 Å². The largest absolute Gasteiger partial charge is 0.445 e. The molecule has 1 aromatic rings. The smallest absolute Gasteiger partial charge is 0.407 e. The summed E-state index contributed by atoms with van der Waals surface area (Å²) in [7, 11) is -0.456. The first-order valence-corrected chi connectivity index (χ1v) is 8.74. The highest BCUT2D eigenvalue weighted by atomic mass is 16.5. The molecular weight excluding hydrogens is 305 g/mol. The Hall–Kier alpha value is -1.57. The molecule has 1 atom stereocenters. The van der Waals surface area contributed by atoms with Crippen LogP contribution in [0.1, 0.15) is 24.8 Å². The van der Waals surface area contributed by atoms with Gasteiger partial charge in [-0.3, -0.25) is 0 Å². The molecule has 6 nitrogen and oxygen atoms in total. The van der Waals surface area contributed by atoms with E-state index >= 15 is 0 Å². The molecule has 1 aliphatic rings. The molecule has 0 radical (unpaired) electrons. The van der Waals surface area contributed by atoms with E-state index in [-0.39, 0.29) is 6.09 Å². The predicted octanol–water partition coefficient (Wildman–Crippen LogP) is 1.47. The summed E-state index contributed by atoms with van der Waals surface area (Å²) < 4.78 is 5.20. The fourth-order valence-electron chi connectivity index (χ4n) is 2.98. The van der Waals surface area contributed by atoms with Crippen LogP contribution in [0.4, 0.5) is 4.79 Å². The van der Waals surface area contributed by atoms with Gasteiger partial charge in [-0.05, 0) is 50.8 Å². The van der Waals surface area contributed by atoms with Gasteiger partial charge in [0.05, 0.1) is 0 Å². The lowest BCUT2D eigenvalue weighted by atomic mass is 9.86. The molecule has 0 aliphatic carbocycles. The van der Waals surface area contributed by atoms with Crippen LogP contribution in [-0.2, 0) is 11.3 Å². The van der Waals surface area contributed by atoms with E-state index in [9.17, 15) is 9.82 Å². The topological polar surface area (TPSA) is 73.8 Å². The van der Waals surface area contributed by atoms with Crippen LogP contribution < -0.4 is 10.5 Å². The second-order valence-electron chi connectivity index (χ2n) is 6.30. The number of nitrogens with one attached hydrogen (secondary N) is 2. The summed E-state index contributed by atoms with van der Waals surface area (Å²) in [5, 5.41) is 15.4. The summed E-state index contributed by atoms with van der Waals surface area (Å²) in [6.45, 7) is 5.46. The molecule has 1 aromatic carbocycles. The molecule has 2 rings (SSSR count). The Labute approximate surface area is 144 Å². The first-order valence-electron chi connectivity index (χ1n) is 8.74.